The van der Waals surface area contributed by atoms with Crippen LogP contribution < -0.4 is 0 Å². The second-order valence-corrected chi connectivity index (χ2v) is 2.05. The summed E-state index contributed by atoms with van der Waals surface area (Å²) in [5.74, 6) is 0. The molecule has 0 spiro atoms. The van der Waals surface area contributed by atoms with Crippen molar-refractivity contribution in [1.29, 1.82) is 0 Å². The number of hydrogen-bond acceptors (Lipinski definition) is 3. The van der Waals surface area contributed by atoms with Gasteiger partial charge in [-0.25, -0.2) is 9.97 Å². The third-order valence-electron chi connectivity index (χ3n) is 1.40. The summed E-state index contributed by atoms with van der Waals surface area (Å²) >= 11 is 0. The summed E-state index contributed by atoms with van der Waals surface area (Å²) in [6, 6.07) is 0. The molecule has 1 aromatic heterocycles. The summed E-state index contributed by atoms with van der Waals surface area (Å²) in [4.78, 5) is 7.73. The van der Waals surface area contributed by atoms with Crippen molar-refractivity contribution in [2.75, 3.05) is 7.11 Å². The zero-order valence-corrected chi connectivity index (χ0v) is 6.11. The summed E-state index contributed by atoms with van der Waals surface area (Å²) in [6.07, 6.45) is 5.09. The van der Waals surface area contributed by atoms with Gasteiger partial charge in [-0.15, -0.1) is 0 Å². The Bertz CT molecular complexity index is 188. The lowest BCUT2D eigenvalue weighted by Crippen LogP contribution is -1.96. The Hall–Kier alpha value is -0.960. The minimum absolute atomic E-state index is 0.0844. The molecular formula is C7H10N2O. The van der Waals surface area contributed by atoms with Crippen molar-refractivity contribution in [1.82, 2.24) is 9.97 Å². The SMILES string of the molecule is COC(C)c1cncnc1. The lowest BCUT2D eigenvalue weighted by Gasteiger charge is -2.06. The first-order valence-corrected chi connectivity index (χ1v) is 3.12. The maximum Gasteiger partial charge on any atom is 0.115 e. The Morgan fingerprint density at radius 1 is 1.40 bits per heavy atom. The van der Waals surface area contributed by atoms with E-state index in [1.165, 1.54) is 6.33 Å². The molecule has 0 saturated carbocycles. The van der Waals surface area contributed by atoms with Gasteiger partial charge in [0.1, 0.15) is 6.33 Å². The van der Waals surface area contributed by atoms with Crippen LogP contribution >= 0.6 is 0 Å². The van der Waals surface area contributed by atoms with E-state index >= 15 is 0 Å². The Morgan fingerprint density at radius 2 is 2.00 bits per heavy atom. The molecule has 0 N–H and O–H groups in total. The van der Waals surface area contributed by atoms with E-state index in [4.69, 9.17) is 4.74 Å². The first-order valence-electron chi connectivity index (χ1n) is 3.12. The fraction of sp³-hybridized carbons (Fsp3) is 0.429. The average Bonchev–Trinajstić information content (AvgIpc) is 2.05. The normalized spacial score (nSPS) is 13.0. The molecule has 1 heterocycles. The molecule has 0 radical (unpaired) electrons. The van der Waals surface area contributed by atoms with Gasteiger partial charge in [0.2, 0.25) is 0 Å². The summed E-state index contributed by atoms with van der Waals surface area (Å²) in [5.41, 5.74) is 1.00. The molecule has 10 heavy (non-hydrogen) atoms. The first-order chi connectivity index (χ1) is 4.84. The topological polar surface area (TPSA) is 35.0 Å². The minimum atomic E-state index is 0.0844. The van der Waals surface area contributed by atoms with Crippen molar-refractivity contribution in [2.24, 2.45) is 0 Å². The van der Waals surface area contributed by atoms with Gasteiger partial charge in [-0.1, -0.05) is 0 Å². The molecule has 0 aromatic carbocycles. The molecule has 0 aliphatic heterocycles. The van der Waals surface area contributed by atoms with Crippen LogP contribution in [-0.4, -0.2) is 17.1 Å². The van der Waals surface area contributed by atoms with Crippen LogP contribution in [0.4, 0.5) is 0 Å². The lowest BCUT2D eigenvalue weighted by molar-refractivity contribution is 0.119. The van der Waals surface area contributed by atoms with E-state index < -0.39 is 0 Å². The predicted octanol–water partition coefficient (Wildman–Crippen LogP) is 1.18. The van der Waals surface area contributed by atoms with Gasteiger partial charge in [0.05, 0.1) is 6.10 Å². The van der Waals surface area contributed by atoms with E-state index in [9.17, 15) is 0 Å². The van der Waals surface area contributed by atoms with Crippen LogP contribution in [0.5, 0.6) is 0 Å². The van der Waals surface area contributed by atoms with Crippen molar-refractivity contribution in [2.45, 2.75) is 13.0 Å². The van der Waals surface area contributed by atoms with Gasteiger partial charge in [0.15, 0.2) is 0 Å². The van der Waals surface area contributed by atoms with Gasteiger partial charge in [-0.2, -0.15) is 0 Å². The van der Waals surface area contributed by atoms with E-state index in [1.54, 1.807) is 19.5 Å². The second-order valence-electron chi connectivity index (χ2n) is 2.05. The molecule has 0 amide bonds. The van der Waals surface area contributed by atoms with Crippen molar-refractivity contribution >= 4 is 0 Å². The van der Waals surface area contributed by atoms with Crippen LogP contribution in [0.2, 0.25) is 0 Å². The van der Waals surface area contributed by atoms with E-state index in [1.807, 2.05) is 6.92 Å². The Labute approximate surface area is 60.1 Å². The maximum absolute atomic E-state index is 5.06. The highest BCUT2D eigenvalue weighted by Crippen LogP contribution is 2.11. The van der Waals surface area contributed by atoms with Crippen molar-refractivity contribution < 1.29 is 4.74 Å². The fourth-order valence-corrected chi connectivity index (χ4v) is 0.657. The Morgan fingerprint density at radius 3 is 2.50 bits per heavy atom. The second kappa shape index (κ2) is 3.27. The number of methoxy groups -OCH3 is 1. The van der Waals surface area contributed by atoms with Crippen molar-refractivity contribution in [3.05, 3.63) is 24.3 Å². The number of aromatic nitrogens is 2. The third kappa shape index (κ3) is 1.51. The molecule has 3 heteroatoms. The van der Waals surface area contributed by atoms with Gasteiger partial charge in [0.25, 0.3) is 0 Å². The minimum Gasteiger partial charge on any atom is -0.377 e. The monoisotopic (exact) mass is 138 g/mol. The van der Waals surface area contributed by atoms with Gasteiger partial charge < -0.3 is 4.74 Å². The molecule has 1 atom stereocenters. The molecule has 1 aromatic rings. The Kier molecular flexibility index (Phi) is 2.34. The number of hydrogen-bond donors (Lipinski definition) is 0. The van der Waals surface area contributed by atoms with Crippen LogP contribution in [0.1, 0.15) is 18.6 Å². The lowest BCUT2D eigenvalue weighted by atomic mass is 10.2. The van der Waals surface area contributed by atoms with Crippen LogP contribution in [0.25, 0.3) is 0 Å². The van der Waals surface area contributed by atoms with E-state index in [2.05, 4.69) is 9.97 Å². The molecule has 0 bridgehead atoms. The summed E-state index contributed by atoms with van der Waals surface area (Å²) in [7, 11) is 1.66. The molecule has 0 saturated heterocycles. The summed E-state index contributed by atoms with van der Waals surface area (Å²) in [6.45, 7) is 1.96. The van der Waals surface area contributed by atoms with Gasteiger partial charge >= 0.3 is 0 Å². The van der Waals surface area contributed by atoms with Crippen LogP contribution in [0.15, 0.2) is 18.7 Å². The molecular weight excluding hydrogens is 128 g/mol. The van der Waals surface area contributed by atoms with Gasteiger partial charge in [-0.3, -0.25) is 0 Å². The number of rotatable bonds is 2. The van der Waals surface area contributed by atoms with Crippen molar-refractivity contribution in [3.8, 4) is 0 Å². The standard InChI is InChI=1S/C7H10N2O/c1-6(10-2)7-3-8-5-9-4-7/h3-6H,1-2H3. The van der Waals surface area contributed by atoms with E-state index in [0.717, 1.165) is 5.56 Å². The Balaban J connectivity index is 2.75. The molecule has 1 rings (SSSR count). The highest BCUT2D eigenvalue weighted by atomic mass is 16.5. The van der Waals surface area contributed by atoms with Crippen molar-refractivity contribution in [3.63, 3.8) is 0 Å². The molecule has 3 nitrogen and oxygen atoms in total. The fourth-order valence-electron chi connectivity index (χ4n) is 0.657. The van der Waals surface area contributed by atoms with E-state index in [-0.39, 0.29) is 6.10 Å². The average molecular weight is 138 g/mol. The maximum atomic E-state index is 5.06. The van der Waals surface area contributed by atoms with Crippen LogP contribution in [0, 0.1) is 0 Å². The smallest absolute Gasteiger partial charge is 0.115 e. The number of ether oxygens (including phenoxy) is 1. The predicted molar refractivity (Wildman–Crippen MR) is 37.5 cm³/mol. The first kappa shape index (κ1) is 7.15. The number of nitrogens with zero attached hydrogens (tertiary/aromatic N) is 2. The molecule has 54 valence electrons. The van der Waals surface area contributed by atoms with Gasteiger partial charge in [0, 0.05) is 25.1 Å². The van der Waals surface area contributed by atoms with Crippen LogP contribution in [0.3, 0.4) is 0 Å². The largest absolute Gasteiger partial charge is 0.377 e. The van der Waals surface area contributed by atoms with Crippen LogP contribution in [-0.2, 0) is 4.74 Å². The molecule has 0 aliphatic carbocycles. The quantitative estimate of drug-likeness (QED) is 0.615. The summed E-state index contributed by atoms with van der Waals surface area (Å²) in [5, 5.41) is 0. The zero-order valence-electron chi connectivity index (χ0n) is 6.11. The van der Waals surface area contributed by atoms with E-state index in [0.29, 0.717) is 0 Å². The molecule has 1 unspecified atom stereocenters. The highest BCUT2D eigenvalue weighted by Gasteiger charge is 2.01. The highest BCUT2D eigenvalue weighted by molar-refractivity contribution is 5.05. The molecule has 0 aliphatic rings. The third-order valence-corrected chi connectivity index (χ3v) is 1.40. The zero-order chi connectivity index (χ0) is 7.40. The van der Waals surface area contributed by atoms with Gasteiger partial charge in [-0.05, 0) is 6.92 Å². The molecule has 0 fully saturated rings. The summed E-state index contributed by atoms with van der Waals surface area (Å²) < 4.78 is 5.06.